The summed E-state index contributed by atoms with van der Waals surface area (Å²) in [5, 5.41) is 0.0252. The topological polar surface area (TPSA) is 66.5 Å². The van der Waals surface area contributed by atoms with Crippen molar-refractivity contribution in [3.63, 3.8) is 0 Å². The summed E-state index contributed by atoms with van der Waals surface area (Å²) in [6, 6.07) is 10.1. The fourth-order valence-electron chi connectivity index (χ4n) is 1.95. The first-order chi connectivity index (χ1) is 10.7. The molecule has 0 atom stereocenters. The van der Waals surface area contributed by atoms with E-state index in [1.165, 1.54) is 36.2 Å². The highest BCUT2D eigenvalue weighted by Crippen LogP contribution is 2.24. The maximum Gasteiger partial charge on any atom is 0.262 e. The van der Waals surface area contributed by atoms with Gasteiger partial charge >= 0.3 is 0 Å². The first-order valence-electron chi connectivity index (χ1n) is 6.49. The lowest BCUT2D eigenvalue weighted by Gasteiger charge is -2.19. The lowest BCUT2D eigenvalue weighted by molar-refractivity contribution is 0.0989. The fourth-order valence-corrected chi connectivity index (χ4v) is 2.76. The second-order valence-corrected chi connectivity index (χ2v) is 7.04. The molecule has 2 aromatic carbocycles. The van der Waals surface area contributed by atoms with Crippen molar-refractivity contribution < 1.29 is 17.6 Å². The number of anilines is 2. The van der Waals surface area contributed by atoms with Gasteiger partial charge in [0.1, 0.15) is 5.82 Å². The molecule has 0 unspecified atom stereocenters. The van der Waals surface area contributed by atoms with Crippen LogP contribution in [0.5, 0.6) is 0 Å². The van der Waals surface area contributed by atoms with Crippen LogP contribution in [0.3, 0.4) is 0 Å². The van der Waals surface area contributed by atoms with Gasteiger partial charge in [0.05, 0.1) is 16.8 Å². The quantitative estimate of drug-likeness (QED) is 0.915. The monoisotopic (exact) mass is 356 g/mol. The maximum absolute atomic E-state index is 13.8. The highest BCUT2D eigenvalue weighted by atomic mass is 35.5. The van der Waals surface area contributed by atoms with Gasteiger partial charge in [-0.15, -0.1) is 0 Å². The zero-order chi connectivity index (χ0) is 17.2. The van der Waals surface area contributed by atoms with E-state index < -0.39 is 21.7 Å². The molecule has 5 nitrogen and oxygen atoms in total. The average Bonchev–Trinajstić information content (AvgIpc) is 2.45. The van der Waals surface area contributed by atoms with Crippen LogP contribution >= 0.6 is 11.6 Å². The minimum atomic E-state index is -3.38. The molecular weight excluding hydrogens is 343 g/mol. The van der Waals surface area contributed by atoms with E-state index in [4.69, 9.17) is 11.6 Å². The third-order valence-electron chi connectivity index (χ3n) is 3.04. The summed E-state index contributed by atoms with van der Waals surface area (Å²) in [6.07, 6.45) is 1.04. The summed E-state index contributed by atoms with van der Waals surface area (Å²) in [6.45, 7) is 0. The van der Waals surface area contributed by atoms with Crippen molar-refractivity contribution in [1.29, 1.82) is 0 Å². The highest BCUT2D eigenvalue weighted by Gasteiger charge is 2.20. The number of amides is 1. The Kier molecular flexibility index (Phi) is 4.91. The van der Waals surface area contributed by atoms with Crippen molar-refractivity contribution in [2.75, 3.05) is 22.9 Å². The van der Waals surface area contributed by atoms with Gasteiger partial charge in [-0.25, -0.2) is 12.8 Å². The fraction of sp³-hybridized carbons (Fsp3) is 0.133. The molecule has 0 aliphatic rings. The van der Waals surface area contributed by atoms with Crippen molar-refractivity contribution in [3.05, 3.63) is 58.9 Å². The summed E-state index contributed by atoms with van der Waals surface area (Å²) in [4.78, 5) is 13.6. The van der Waals surface area contributed by atoms with Crippen molar-refractivity contribution in [3.8, 4) is 0 Å². The van der Waals surface area contributed by atoms with E-state index in [2.05, 4.69) is 4.72 Å². The van der Waals surface area contributed by atoms with Gasteiger partial charge in [0.25, 0.3) is 5.91 Å². The predicted octanol–water partition coefficient (Wildman–Crippen LogP) is 3.13. The molecule has 0 spiro atoms. The Bertz CT molecular complexity index is 818. The molecular formula is C15H14ClFN2O3S. The van der Waals surface area contributed by atoms with E-state index in [0.717, 1.165) is 12.3 Å². The number of halogens is 2. The standard InChI is InChI=1S/C15H14ClFN2O3S/c1-19(15(20)14-12(16)4-3-5-13(14)17)11-8-6-10(7-9-11)18-23(2,21)22/h3-9,18H,1-2H3. The largest absolute Gasteiger partial charge is 0.311 e. The van der Waals surface area contributed by atoms with E-state index in [-0.39, 0.29) is 10.6 Å². The minimum absolute atomic E-state index is 0.0252. The van der Waals surface area contributed by atoms with Crippen LogP contribution < -0.4 is 9.62 Å². The molecule has 0 aliphatic heterocycles. The normalized spacial score (nSPS) is 11.1. The number of nitrogens with zero attached hydrogens (tertiary/aromatic N) is 1. The van der Waals surface area contributed by atoms with Crippen LogP contribution in [-0.4, -0.2) is 27.6 Å². The molecule has 0 aliphatic carbocycles. The van der Waals surface area contributed by atoms with E-state index in [1.807, 2.05) is 0 Å². The van der Waals surface area contributed by atoms with Gasteiger partial charge in [0.15, 0.2) is 0 Å². The van der Waals surface area contributed by atoms with Gasteiger partial charge < -0.3 is 4.90 Å². The van der Waals surface area contributed by atoms with Crippen LogP contribution in [0.15, 0.2) is 42.5 Å². The number of hydrogen-bond acceptors (Lipinski definition) is 3. The lowest BCUT2D eigenvalue weighted by atomic mass is 10.1. The number of rotatable bonds is 4. The van der Waals surface area contributed by atoms with E-state index >= 15 is 0 Å². The van der Waals surface area contributed by atoms with Crippen LogP contribution in [0.1, 0.15) is 10.4 Å². The van der Waals surface area contributed by atoms with Crippen LogP contribution in [0.25, 0.3) is 0 Å². The highest BCUT2D eigenvalue weighted by molar-refractivity contribution is 7.92. The molecule has 0 heterocycles. The molecule has 0 fully saturated rings. The van der Waals surface area contributed by atoms with Crippen LogP contribution in [0.2, 0.25) is 5.02 Å². The molecule has 0 saturated heterocycles. The molecule has 8 heteroatoms. The van der Waals surface area contributed by atoms with Gasteiger partial charge in [-0.3, -0.25) is 9.52 Å². The number of carbonyl (C=O) groups excluding carboxylic acids is 1. The molecule has 1 amide bonds. The smallest absolute Gasteiger partial charge is 0.262 e. The van der Waals surface area contributed by atoms with Crippen molar-refractivity contribution in [2.45, 2.75) is 0 Å². The molecule has 2 rings (SSSR count). The van der Waals surface area contributed by atoms with Crippen LogP contribution in [0, 0.1) is 5.82 Å². The second-order valence-electron chi connectivity index (χ2n) is 4.88. The third kappa shape index (κ3) is 4.20. The molecule has 0 bridgehead atoms. The SMILES string of the molecule is CN(C(=O)c1c(F)cccc1Cl)c1ccc(NS(C)(=O)=O)cc1. The van der Waals surface area contributed by atoms with Crippen LogP contribution in [0.4, 0.5) is 15.8 Å². The number of hydrogen-bond donors (Lipinski definition) is 1. The van der Waals surface area contributed by atoms with Crippen molar-refractivity contribution >= 4 is 38.9 Å². The molecule has 122 valence electrons. The number of nitrogens with one attached hydrogen (secondary N) is 1. The summed E-state index contributed by atoms with van der Waals surface area (Å²) in [5.74, 6) is -1.30. The lowest BCUT2D eigenvalue weighted by Crippen LogP contribution is -2.27. The second kappa shape index (κ2) is 6.55. The molecule has 0 radical (unpaired) electrons. The number of sulfonamides is 1. The summed E-state index contributed by atoms with van der Waals surface area (Å²) in [7, 11) is -1.90. The Morgan fingerprint density at radius 3 is 2.30 bits per heavy atom. The van der Waals surface area contributed by atoms with E-state index in [1.54, 1.807) is 12.1 Å². The average molecular weight is 357 g/mol. The van der Waals surface area contributed by atoms with Gasteiger partial charge in [-0.1, -0.05) is 17.7 Å². The summed E-state index contributed by atoms with van der Waals surface area (Å²) >= 11 is 5.89. The zero-order valence-corrected chi connectivity index (χ0v) is 14.0. The molecule has 2 aromatic rings. The molecule has 23 heavy (non-hydrogen) atoms. The van der Waals surface area contributed by atoms with Crippen molar-refractivity contribution in [2.24, 2.45) is 0 Å². The predicted molar refractivity (Wildman–Crippen MR) is 89.1 cm³/mol. The molecule has 0 aromatic heterocycles. The Hall–Kier alpha value is -2.12. The van der Waals surface area contributed by atoms with E-state index in [0.29, 0.717) is 11.4 Å². The summed E-state index contributed by atoms with van der Waals surface area (Å²) < 4.78 is 38.4. The first-order valence-corrected chi connectivity index (χ1v) is 8.76. The Morgan fingerprint density at radius 2 is 1.78 bits per heavy atom. The first kappa shape index (κ1) is 17.2. The number of carbonyl (C=O) groups is 1. The Balaban J connectivity index is 2.26. The Labute approximate surface area is 138 Å². The van der Waals surface area contributed by atoms with Gasteiger partial charge in [-0.05, 0) is 36.4 Å². The van der Waals surface area contributed by atoms with Gasteiger partial charge in [0, 0.05) is 18.4 Å². The van der Waals surface area contributed by atoms with Gasteiger partial charge in [0.2, 0.25) is 10.0 Å². The molecule has 0 saturated carbocycles. The van der Waals surface area contributed by atoms with Crippen LogP contribution in [-0.2, 0) is 10.0 Å². The summed E-state index contributed by atoms with van der Waals surface area (Å²) in [5.41, 5.74) is 0.615. The maximum atomic E-state index is 13.8. The van der Waals surface area contributed by atoms with Gasteiger partial charge in [-0.2, -0.15) is 0 Å². The molecule has 1 N–H and O–H groups in total. The Morgan fingerprint density at radius 1 is 1.17 bits per heavy atom. The minimum Gasteiger partial charge on any atom is -0.311 e. The third-order valence-corrected chi connectivity index (χ3v) is 3.96. The number of benzene rings is 2. The van der Waals surface area contributed by atoms with Crippen molar-refractivity contribution in [1.82, 2.24) is 0 Å². The van der Waals surface area contributed by atoms with E-state index in [9.17, 15) is 17.6 Å². The zero-order valence-electron chi connectivity index (χ0n) is 12.4.